The quantitative estimate of drug-likeness (QED) is 0.793. The highest BCUT2D eigenvalue weighted by molar-refractivity contribution is 6.28. The van der Waals surface area contributed by atoms with E-state index in [1.807, 2.05) is 18.7 Å². The van der Waals surface area contributed by atoms with Gasteiger partial charge >= 0.3 is 0 Å². The molecular weight excluding hydrogens is 292 g/mol. The van der Waals surface area contributed by atoms with Crippen molar-refractivity contribution in [1.29, 1.82) is 0 Å². The molecular formula is C13H21ClN6O. The molecule has 116 valence electrons. The van der Waals surface area contributed by atoms with Crippen LogP contribution in [-0.4, -0.2) is 46.0 Å². The summed E-state index contributed by atoms with van der Waals surface area (Å²) < 4.78 is 0. The number of carbonyl (C=O) groups is 1. The summed E-state index contributed by atoms with van der Waals surface area (Å²) in [6.45, 7) is 7.34. The monoisotopic (exact) mass is 312 g/mol. The second-order valence-corrected chi connectivity index (χ2v) is 5.39. The molecule has 7 nitrogen and oxygen atoms in total. The topological polar surface area (TPSA) is 83.0 Å². The van der Waals surface area contributed by atoms with Crippen LogP contribution in [0, 0.1) is 0 Å². The van der Waals surface area contributed by atoms with Crippen LogP contribution in [0.3, 0.4) is 0 Å². The number of nitrogens with zero attached hydrogens (tertiary/aromatic N) is 4. The van der Waals surface area contributed by atoms with Gasteiger partial charge in [0, 0.05) is 19.1 Å². The number of hydrogen-bond acceptors (Lipinski definition) is 6. The number of aromatic nitrogens is 3. The van der Waals surface area contributed by atoms with Gasteiger partial charge in [0.25, 0.3) is 0 Å². The first-order valence-electron chi connectivity index (χ1n) is 7.26. The summed E-state index contributed by atoms with van der Waals surface area (Å²) in [5.74, 6) is 0.770. The highest BCUT2D eigenvalue weighted by atomic mass is 35.5. The summed E-state index contributed by atoms with van der Waals surface area (Å²) in [7, 11) is 0. The van der Waals surface area contributed by atoms with Crippen LogP contribution in [0.4, 0.5) is 11.9 Å². The molecule has 2 N–H and O–H groups in total. The minimum atomic E-state index is -0.423. The van der Waals surface area contributed by atoms with Gasteiger partial charge in [-0.3, -0.25) is 4.79 Å². The highest BCUT2D eigenvalue weighted by Crippen LogP contribution is 2.19. The molecule has 21 heavy (non-hydrogen) atoms. The number of nitrogens with one attached hydrogen (secondary N) is 2. The predicted octanol–water partition coefficient (Wildman–Crippen LogP) is 1.45. The number of amides is 1. The summed E-state index contributed by atoms with van der Waals surface area (Å²) >= 11 is 5.94. The zero-order chi connectivity index (χ0) is 15.4. The molecule has 1 heterocycles. The Morgan fingerprint density at radius 1 is 1.33 bits per heavy atom. The van der Waals surface area contributed by atoms with Gasteiger partial charge in [-0.25, -0.2) is 0 Å². The summed E-state index contributed by atoms with van der Waals surface area (Å²) in [5.41, 5.74) is 0. The van der Waals surface area contributed by atoms with Crippen molar-refractivity contribution >= 4 is 29.4 Å². The van der Waals surface area contributed by atoms with Gasteiger partial charge in [0.05, 0.1) is 0 Å². The third kappa shape index (κ3) is 4.42. The Balaban J connectivity index is 2.06. The first kappa shape index (κ1) is 15.8. The summed E-state index contributed by atoms with van der Waals surface area (Å²) in [6, 6.07) is -0.0939. The fraction of sp³-hybridized carbons (Fsp3) is 0.692. The summed E-state index contributed by atoms with van der Waals surface area (Å²) in [6.07, 6.45) is 2.12. The van der Waals surface area contributed by atoms with E-state index in [0.717, 1.165) is 25.9 Å². The van der Waals surface area contributed by atoms with Crippen molar-refractivity contribution in [3.63, 3.8) is 0 Å². The number of hydrogen-bond donors (Lipinski definition) is 2. The average Bonchev–Trinajstić information content (AvgIpc) is 3.23. The van der Waals surface area contributed by atoms with Crippen molar-refractivity contribution in [2.24, 2.45) is 0 Å². The standard InChI is InChI=1S/C13H21ClN6O/c1-4-20(5-2)13-18-11(14)17-12(19-13)15-8(3)10(21)16-9-6-7-9/h8-9H,4-7H2,1-3H3,(H,16,21)(H,15,17,18,19). The van der Waals surface area contributed by atoms with Gasteiger partial charge in [-0.2, -0.15) is 15.0 Å². The zero-order valence-electron chi connectivity index (χ0n) is 12.6. The van der Waals surface area contributed by atoms with Crippen molar-refractivity contribution < 1.29 is 4.79 Å². The molecule has 0 bridgehead atoms. The number of anilines is 2. The largest absolute Gasteiger partial charge is 0.352 e. The van der Waals surface area contributed by atoms with Crippen molar-refractivity contribution in [3.8, 4) is 0 Å². The summed E-state index contributed by atoms with van der Waals surface area (Å²) in [4.78, 5) is 26.4. The van der Waals surface area contributed by atoms with Gasteiger partial charge in [0.1, 0.15) is 6.04 Å². The third-order valence-electron chi connectivity index (χ3n) is 3.31. The van der Waals surface area contributed by atoms with Crippen LogP contribution in [0.1, 0.15) is 33.6 Å². The lowest BCUT2D eigenvalue weighted by atomic mass is 10.3. The molecule has 0 aromatic carbocycles. The van der Waals surface area contributed by atoms with E-state index in [1.165, 1.54) is 0 Å². The maximum Gasteiger partial charge on any atom is 0.242 e. The molecule has 1 aromatic heterocycles. The Hall–Kier alpha value is -1.63. The molecule has 0 aliphatic heterocycles. The normalized spacial score (nSPS) is 15.4. The van der Waals surface area contributed by atoms with Gasteiger partial charge in [0.2, 0.25) is 23.1 Å². The Morgan fingerprint density at radius 2 is 2.00 bits per heavy atom. The minimum Gasteiger partial charge on any atom is -0.352 e. The maximum absolute atomic E-state index is 11.9. The lowest BCUT2D eigenvalue weighted by molar-refractivity contribution is -0.121. The van der Waals surface area contributed by atoms with Crippen LogP contribution >= 0.6 is 11.6 Å². The maximum atomic E-state index is 11.9. The second-order valence-electron chi connectivity index (χ2n) is 5.05. The van der Waals surface area contributed by atoms with Crippen molar-refractivity contribution in [2.75, 3.05) is 23.3 Å². The molecule has 0 radical (unpaired) electrons. The summed E-state index contributed by atoms with van der Waals surface area (Å²) in [5, 5.41) is 6.02. The number of carbonyl (C=O) groups excluding carboxylic acids is 1. The van der Waals surface area contributed by atoms with E-state index in [-0.39, 0.29) is 11.2 Å². The molecule has 1 aromatic rings. The van der Waals surface area contributed by atoms with Crippen LogP contribution in [0.15, 0.2) is 0 Å². The molecule has 1 atom stereocenters. The van der Waals surface area contributed by atoms with E-state index in [0.29, 0.717) is 17.9 Å². The van der Waals surface area contributed by atoms with E-state index in [2.05, 4.69) is 25.6 Å². The van der Waals surface area contributed by atoms with Gasteiger partial charge in [0.15, 0.2) is 0 Å². The van der Waals surface area contributed by atoms with Crippen LogP contribution in [-0.2, 0) is 4.79 Å². The molecule has 1 amide bonds. The molecule has 8 heteroatoms. The third-order valence-corrected chi connectivity index (χ3v) is 3.47. The fourth-order valence-electron chi connectivity index (χ4n) is 1.87. The molecule has 1 aliphatic rings. The second kappa shape index (κ2) is 6.89. The van der Waals surface area contributed by atoms with Gasteiger partial charge in [-0.05, 0) is 45.2 Å². The molecule has 2 rings (SSSR count). The van der Waals surface area contributed by atoms with Crippen LogP contribution in [0.25, 0.3) is 0 Å². The highest BCUT2D eigenvalue weighted by Gasteiger charge is 2.26. The van der Waals surface area contributed by atoms with E-state index in [1.54, 1.807) is 6.92 Å². The first-order chi connectivity index (χ1) is 10.0. The Morgan fingerprint density at radius 3 is 2.57 bits per heavy atom. The van der Waals surface area contributed by atoms with Gasteiger partial charge < -0.3 is 15.5 Å². The molecule has 0 spiro atoms. The van der Waals surface area contributed by atoms with Crippen molar-refractivity contribution in [1.82, 2.24) is 20.3 Å². The van der Waals surface area contributed by atoms with E-state index < -0.39 is 6.04 Å². The molecule has 0 saturated heterocycles. The van der Waals surface area contributed by atoms with E-state index >= 15 is 0 Å². The Labute approximate surface area is 129 Å². The lowest BCUT2D eigenvalue weighted by Crippen LogP contribution is -2.39. The minimum absolute atomic E-state index is 0.0570. The predicted molar refractivity (Wildman–Crippen MR) is 82.6 cm³/mol. The van der Waals surface area contributed by atoms with E-state index in [9.17, 15) is 4.79 Å². The van der Waals surface area contributed by atoms with Crippen molar-refractivity contribution in [3.05, 3.63) is 5.28 Å². The first-order valence-corrected chi connectivity index (χ1v) is 7.64. The number of halogens is 1. The fourth-order valence-corrected chi connectivity index (χ4v) is 2.02. The molecule has 1 aliphatic carbocycles. The van der Waals surface area contributed by atoms with Crippen LogP contribution in [0.2, 0.25) is 5.28 Å². The molecule has 1 unspecified atom stereocenters. The Bertz CT molecular complexity index is 503. The van der Waals surface area contributed by atoms with Crippen molar-refractivity contribution in [2.45, 2.75) is 45.7 Å². The lowest BCUT2D eigenvalue weighted by Gasteiger charge is -2.19. The average molecular weight is 313 g/mol. The SMILES string of the molecule is CCN(CC)c1nc(Cl)nc(NC(C)C(=O)NC2CC2)n1. The van der Waals surface area contributed by atoms with Crippen LogP contribution in [0.5, 0.6) is 0 Å². The smallest absolute Gasteiger partial charge is 0.242 e. The number of rotatable bonds is 7. The Kier molecular flexibility index (Phi) is 5.17. The molecule has 1 saturated carbocycles. The van der Waals surface area contributed by atoms with Crippen LogP contribution < -0.4 is 15.5 Å². The van der Waals surface area contributed by atoms with E-state index in [4.69, 9.17) is 11.6 Å². The molecule has 1 fully saturated rings. The zero-order valence-corrected chi connectivity index (χ0v) is 13.3. The van der Waals surface area contributed by atoms with Gasteiger partial charge in [-0.15, -0.1) is 0 Å². The van der Waals surface area contributed by atoms with Gasteiger partial charge in [-0.1, -0.05) is 0 Å².